The van der Waals surface area contributed by atoms with E-state index >= 15 is 0 Å². The van der Waals surface area contributed by atoms with E-state index in [9.17, 15) is 9.59 Å². The molecule has 3 aromatic rings. The summed E-state index contributed by atoms with van der Waals surface area (Å²) in [4.78, 5) is 44.4. The molecule has 2 aliphatic rings. The van der Waals surface area contributed by atoms with E-state index in [0.29, 0.717) is 32.7 Å². The number of piperazine rings is 1. The number of anilines is 2. The van der Waals surface area contributed by atoms with Crippen molar-refractivity contribution in [3.63, 3.8) is 0 Å². The number of carbonyl (C=O) groups is 2. The number of para-hydroxylation sites is 1. The topological polar surface area (TPSA) is 87.5 Å². The Bertz CT molecular complexity index is 1120. The van der Waals surface area contributed by atoms with Gasteiger partial charge in [-0.2, -0.15) is 0 Å². The van der Waals surface area contributed by atoms with Crippen molar-refractivity contribution >= 4 is 23.3 Å². The van der Waals surface area contributed by atoms with Gasteiger partial charge in [-0.15, -0.1) is 0 Å². The van der Waals surface area contributed by atoms with E-state index in [-0.39, 0.29) is 24.2 Å². The number of aryl methyl sites for hydroxylation is 1. The molecule has 2 aliphatic heterocycles. The van der Waals surface area contributed by atoms with Gasteiger partial charge < -0.3 is 14.7 Å². The number of rotatable bonds is 4. The number of imidazole rings is 1. The Balaban J connectivity index is 1.21. The standard InChI is InChI=1S/C23H25N7O2/c1-17-24-7-8-29(17)21-14-20(25-16-26-21)27-9-11-28(12-10-27)23(32)18-13-22(31)30(15-18)19-5-3-2-4-6-19/h2-8,14,16,18H,9-13,15H2,1H3. The van der Waals surface area contributed by atoms with Gasteiger partial charge in [-0.05, 0) is 19.1 Å². The van der Waals surface area contributed by atoms with Gasteiger partial charge in [0.15, 0.2) is 0 Å². The third-order valence-corrected chi connectivity index (χ3v) is 6.17. The van der Waals surface area contributed by atoms with Crippen LogP contribution in [0.2, 0.25) is 0 Å². The molecule has 9 nitrogen and oxygen atoms in total. The number of benzene rings is 1. The average Bonchev–Trinajstić information content (AvgIpc) is 3.45. The van der Waals surface area contributed by atoms with Crippen LogP contribution in [-0.2, 0) is 9.59 Å². The fraction of sp³-hybridized carbons (Fsp3) is 0.348. The molecule has 0 bridgehead atoms. The van der Waals surface area contributed by atoms with Crippen molar-refractivity contribution in [1.82, 2.24) is 24.4 Å². The Morgan fingerprint density at radius 2 is 1.75 bits per heavy atom. The van der Waals surface area contributed by atoms with Crippen molar-refractivity contribution in [3.05, 3.63) is 60.9 Å². The van der Waals surface area contributed by atoms with Gasteiger partial charge >= 0.3 is 0 Å². The molecule has 2 amide bonds. The van der Waals surface area contributed by atoms with Crippen molar-refractivity contribution in [2.75, 3.05) is 42.5 Å². The molecule has 0 spiro atoms. The van der Waals surface area contributed by atoms with Crippen LogP contribution in [0.4, 0.5) is 11.5 Å². The number of aromatic nitrogens is 4. The first kappa shape index (κ1) is 20.2. The van der Waals surface area contributed by atoms with Crippen LogP contribution in [0.15, 0.2) is 55.1 Å². The largest absolute Gasteiger partial charge is 0.353 e. The summed E-state index contributed by atoms with van der Waals surface area (Å²) in [5, 5.41) is 0. The van der Waals surface area contributed by atoms with Crippen LogP contribution < -0.4 is 9.80 Å². The highest BCUT2D eigenvalue weighted by molar-refractivity contribution is 6.00. The fourth-order valence-electron chi connectivity index (χ4n) is 4.41. The Morgan fingerprint density at radius 1 is 1.00 bits per heavy atom. The molecule has 9 heteroatoms. The summed E-state index contributed by atoms with van der Waals surface area (Å²) >= 11 is 0. The van der Waals surface area contributed by atoms with Gasteiger partial charge in [0.2, 0.25) is 11.8 Å². The van der Waals surface area contributed by atoms with Gasteiger partial charge in [0.1, 0.15) is 23.8 Å². The van der Waals surface area contributed by atoms with E-state index in [1.165, 1.54) is 0 Å². The van der Waals surface area contributed by atoms with Gasteiger partial charge in [0.05, 0.1) is 5.92 Å². The third kappa shape index (κ3) is 3.81. The predicted octanol–water partition coefficient (Wildman–Crippen LogP) is 1.67. The van der Waals surface area contributed by atoms with Gasteiger partial charge in [-0.25, -0.2) is 15.0 Å². The highest BCUT2D eigenvalue weighted by Crippen LogP contribution is 2.27. The normalized spacial score (nSPS) is 19.0. The van der Waals surface area contributed by atoms with Crippen molar-refractivity contribution in [2.24, 2.45) is 5.92 Å². The Kier molecular flexibility index (Phi) is 5.30. The molecule has 164 valence electrons. The van der Waals surface area contributed by atoms with Crippen molar-refractivity contribution in [1.29, 1.82) is 0 Å². The van der Waals surface area contributed by atoms with Crippen LogP contribution in [0.3, 0.4) is 0 Å². The second-order valence-corrected chi connectivity index (χ2v) is 8.13. The first-order valence-electron chi connectivity index (χ1n) is 10.8. The minimum absolute atomic E-state index is 0.0106. The van der Waals surface area contributed by atoms with Gasteiger partial charge in [-0.3, -0.25) is 14.2 Å². The lowest BCUT2D eigenvalue weighted by Crippen LogP contribution is -2.51. The van der Waals surface area contributed by atoms with Crippen molar-refractivity contribution < 1.29 is 9.59 Å². The zero-order valence-electron chi connectivity index (χ0n) is 18.0. The number of hydrogen-bond donors (Lipinski definition) is 0. The predicted molar refractivity (Wildman–Crippen MR) is 120 cm³/mol. The highest BCUT2D eigenvalue weighted by Gasteiger charge is 2.38. The average molecular weight is 432 g/mol. The summed E-state index contributed by atoms with van der Waals surface area (Å²) in [6, 6.07) is 11.5. The quantitative estimate of drug-likeness (QED) is 0.625. The third-order valence-electron chi connectivity index (χ3n) is 6.17. The van der Waals surface area contributed by atoms with E-state index in [1.807, 2.05) is 59.0 Å². The number of amides is 2. The molecule has 1 unspecified atom stereocenters. The fourth-order valence-corrected chi connectivity index (χ4v) is 4.41. The molecule has 0 aliphatic carbocycles. The molecule has 1 aromatic carbocycles. The first-order valence-corrected chi connectivity index (χ1v) is 10.8. The summed E-state index contributed by atoms with van der Waals surface area (Å²) in [6.07, 6.45) is 5.45. The summed E-state index contributed by atoms with van der Waals surface area (Å²) < 4.78 is 1.92. The maximum atomic E-state index is 13.1. The number of carbonyl (C=O) groups excluding carboxylic acids is 2. The van der Waals surface area contributed by atoms with Crippen LogP contribution in [0.1, 0.15) is 12.2 Å². The van der Waals surface area contributed by atoms with E-state index in [2.05, 4.69) is 19.9 Å². The van der Waals surface area contributed by atoms with Crippen LogP contribution >= 0.6 is 0 Å². The minimum Gasteiger partial charge on any atom is -0.353 e. The lowest BCUT2D eigenvalue weighted by Gasteiger charge is -2.36. The molecule has 32 heavy (non-hydrogen) atoms. The zero-order chi connectivity index (χ0) is 22.1. The molecule has 5 rings (SSSR count). The zero-order valence-corrected chi connectivity index (χ0v) is 18.0. The summed E-state index contributed by atoms with van der Waals surface area (Å²) in [5.74, 6) is 2.26. The van der Waals surface area contributed by atoms with Gasteiger partial charge in [-0.1, -0.05) is 18.2 Å². The van der Waals surface area contributed by atoms with Crippen LogP contribution in [0.25, 0.3) is 5.82 Å². The SMILES string of the molecule is Cc1nccn1-c1cc(N2CCN(C(=O)C3CC(=O)N(c4ccccc4)C3)CC2)ncn1. The monoisotopic (exact) mass is 431 g/mol. The van der Waals surface area contributed by atoms with Crippen molar-refractivity contribution in [2.45, 2.75) is 13.3 Å². The Hall–Kier alpha value is -3.75. The van der Waals surface area contributed by atoms with Crippen LogP contribution in [-0.4, -0.2) is 69.0 Å². The Morgan fingerprint density at radius 3 is 2.47 bits per heavy atom. The molecule has 0 radical (unpaired) electrons. The van der Waals surface area contributed by atoms with Crippen molar-refractivity contribution in [3.8, 4) is 5.82 Å². The smallest absolute Gasteiger partial charge is 0.228 e. The van der Waals surface area contributed by atoms with Crippen LogP contribution in [0, 0.1) is 12.8 Å². The van der Waals surface area contributed by atoms with Crippen LogP contribution in [0.5, 0.6) is 0 Å². The summed E-state index contributed by atoms with van der Waals surface area (Å²) in [5.41, 5.74) is 0.852. The van der Waals surface area contributed by atoms with Gasteiger partial charge in [0.25, 0.3) is 0 Å². The lowest BCUT2D eigenvalue weighted by molar-refractivity contribution is -0.136. The maximum Gasteiger partial charge on any atom is 0.228 e. The molecule has 0 N–H and O–H groups in total. The van der Waals surface area contributed by atoms with E-state index in [0.717, 1.165) is 23.1 Å². The minimum atomic E-state index is -0.288. The van der Waals surface area contributed by atoms with E-state index in [4.69, 9.17) is 0 Å². The molecular weight excluding hydrogens is 406 g/mol. The highest BCUT2D eigenvalue weighted by atomic mass is 16.2. The molecular formula is C23H25N7O2. The van der Waals surface area contributed by atoms with Gasteiger partial charge in [0, 0.05) is 63.3 Å². The summed E-state index contributed by atoms with van der Waals surface area (Å²) in [7, 11) is 0. The number of hydrogen-bond acceptors (Lipinski definition) is 6. The second kappa shape index (κ2) is 8.41. The van der Waals surface area contributed by atoms with E-state index < -0.39 is 0 Å². The second-order valence-electron chi connectivity index (χ2n) is 8.13. The Labute approximate surface area is 186 Å². The molecule has 4 heterocycles. The molecule has 2 aromatic heterocycles. The number of nitrogens with zero attached hydrogens (tertiary/aromatic N) is 7. The molecule has 1 atom stereocenters. The molecule has 2 fully saturated rings. The summed E-state index contributed by atoms with van der Waals surface area (Å²) in [6.45, 7) is 4.97. The lowest BCUT2D eigenvalue weighted by atomic mass is 10.1. The first-order chi connectivity index (χ1) is 15.6. The van der Waals surface area contributed by atoms with E-state index in [1.54, 1.807) is 17.4 Å². The molecule has 2 saturated heterocycles. The molecule has 0 saturated carbocycles. The maximum absolute atomic E-state index is 13.1.